The van der Waals surface area contributed by atoms with E-state index in [1.54, 1.807) is 12.3 Å². The Labute approximate surface area is 56.5 Å². The van der Waals surface area contributed by atoms with E-state index in [9.17, 15) is 0 Å². The zero-order valence-electron chi connectivity index (χ0n) is 5.16. The third-order valence-corrected chi connectivity index (χ3v) is 1.31. The Balaban J connectivity index is 2.67. The lowest BCUT2D eigenvalue weighted by atomic mass is 10.6. The quantitative estimate of drug-likeness (QED) is 0.608. The Morgan fingerprint density at radius 1 is 1.70 bits per heavy atom. The second kappa shape index (κ2) is 1.85. The first-order valence-electron chi connectivity index (χ1n) is 2.93. The molecule has 0 aromatic carbocycles. The van der Waals surface area contributed by atoms with Crippen LogP contribution in [0.3, 0.4) is 0 Å². The summed E-state index contributed by atoms with van der Waals surface area (Å²) in [4.78, 5) is 6.79. The molecule has 0 aliphatic heterocycles. The summed E-state index contributed by atoms with van der Waals surface area (Å²) in [5.41, 5.74) is 1.37. The summed E-state index contributed by atoms with van der Waals surface area (Å²) in [5.74, 6) is 0.536. The number of imidazole rings is 1. The van der Waals surface area contributed by atoms with Crippen molar-refractivity contribution in [1.29, 1.82) is 0 Å². The van der Waals surface area contributed by atoms with E-state index in [0.29, 0.717) is 11.5 Å². The molecule has 0 saturated heterocycles. The Morgan fingerprint density at radius 3 is 3.30 bits per heavy atom. The molecule has 0 saturated carbocycles. The van der Waals surface area contributed by atoms with Crippen LogP contribution >= 0.6 is 0 Å². The first kappa shape index (κ1) is 5.49. The maximum absolute atomic E-state index is 8.62. The average molecular weight is 138 g/mol. The summed E-state index contributed by atoms with van der Waals surface area (Å²) in [6, 6.07) is 1.77. The SMILES string of the molecule is OCc1nc2occc2[nH]1. The summed E-state index contributed by atoms with van der Waals surface area (Å²) in [6.45, 7) is -0.0792. The molecule has 10 heavy (non-hydrogen) atoms. The van der Waals surface area contributed by atoms with Crippen LogP contribution in [0.25, 0.3) is 11.2 Å². The van der Waals surface area contributed by atoms with Crippen molar-refractivity contribution in [3.8, 4) is 0 Å². The molecule has 0 amide bonds. The second-order valence-electron chi connectivity index (χ2n) is 1.98. The predicted molar refractivity (Wildman–Crippen MR) is 34.3 cm³/mol. The molecule has 0 aliphatic carbocycles. The van der Waals surface area contributed by atoms with Crippen LogP contribution in [0.2, 0.25) is 0 Å². The van der Waals surface area contributed by atoms with Crippen LogP contribution in [0, 0.1) is 0 Å². The number of nitrogens with one attached hydrogen (secondary N) is 1. The van der Waals surface area contributed by atoms with Gasteiger partial charge in [-0.05, 0) is 0 Å². The largest absolute Gasteiger partial charge is 0.445 e. The van der Waals surface area contributed by atoms with Crippen LogP contribution in [-0.4, -0.2) is 15.1 Å². The highest BCUT2D eigenvalue weighted by molar-refractivity contribution is 5.68. The molecule has 0 bridgehead atoms. The van der Waals surface area contributed by atoms with E-state index in [-0.39, 0.29) is 6.61 Å². The van der Waals surface area contributed by atoms with Gasteiger partial charge in [0.05, 0.1) is 6.26 Å². The molecule has 2 rings (SSSR count). The zero-order chi connectivity index (χ0) is 6.97. The number of aromatic nitrogens is 2. The van der Waals surface area contributed by atoms with Crippen molar-refractivity contribution in [3.63, 3.8) is 0 Å². The van der Waals surface area contributed by atoms with Crippen molar-refractivity contribution < 1.29 is 9.52 Å². The lowest BCUT2D eigenvalue weighted by Gasteiger charge is -1.80. The molecule has 4 nitrogen and oxygen atoms in total. The van der Waals surface area contributed by atoms with E-state index in [0.717, 1.165) is 5.52 Å². The smallest absolute Gasteiger partial charge is 0.244 e. The summed E-state index contributed by atoms with van der Waals surface area (Å²) in [7, 11) is 0. The number of hydrogen-bond donors (Lipinski definition) is 2. The molecule has 0 unspecified atom stereocenters. The highest BCUT2D eigenvalue weighted by Gasteiger charge is 2.01. The first-order chi connectivity index (χ1) is 4.90. The number of H-pyrrole nitrogens is 1. The summed E-state index contributed by atoms with van der Waals surface area (Å²) in [5, 5.41) is 8.62. The minimum absolute atomic E-state index is 0.0792. The number of aliphatic hydroxyl groups is 1. The van der Waals surface area contributed by atoms with Gasteiger partial charge in [0.15, 0.2) is 0 Å². The van der Waals surface area contributed by atoms with Gasteiger partial charge >= 0.3 is 0 Å². The molecular weight excluding hydrogens is 132 g/mol. The van der Waals surface area contributed by atoms with Crippen LogP contribution < -0.4 is 0 Å². The number of furan rings is 1. The van der Waals surface area contributed by atoms with Gasteiger partial charge in [0, 0.05) is 6.07 Å². The van der Waals surface area contributed by atoms with Crippen molar-refractivity contribution in [3.05, 3.63) is 18.2 Å². The van der Waals surface area contributed by atoms with Crippen LogP contribution in [0.4, 0.5) is 0 Å². The maximum Gasteiger partial charge on any atom is 0.244 e. The number of fused-ring (bicyclic) bond motifs is 1. The average Bonchev–Trinajstić information content (AvgIpc) is 2.42. The van der Waals surface area contributed by atoms with E-state index in [4.69, 9.17) is 9.52 Å². The fourth-order valence-corrected chi connectivity index (χ4v) is 0.864. The van der Waals surface area contributed by atoms with Gasteiger partial charge in [-0.15, -0.1) is 0 Å². The molecule has 2 N–H and O–H groups in total. The number of nitrogens with zero attached hydrogens (tertiary/aromatic N) is 1. The molecule has 0 fully saturated rings. The minimum Gasteiger partial charge on any atom is -0.445 e. The van der Waals surface area contributed by atoms with Crippen LogP contribution in [0.1, 0.15) is 5.82 Å². The minimum atomic E-state index is -0.0792. The Morgan fingerprint density at radius 2 is 2.60 bits per heavy atom. The fraction of sp³-hybridized carbons (Fsp3) is 0.167. The van der Waals surface area contributed by atoms with Crippen LogP contribution in [0.5, 0.6) is 0 Å². The molecular formula is C6H6N2O2. The molecule has 0 aliphatic rings. The Hall–Kier alpha value is -1.29. The summed E-state index contributed by atoms with van der Waals surface area (Å²) in [6.07, 6.45) is 1.55. The molecule has 0 atom stereocenters. The number of rotatable bonds is 1. The van der Waals surface area contributed by atoms with E-state index in [2.05, 4.69) is 9.97 Å². The molecule has 0 radical (unpaired) electrons. The van der Waals surface area contributed by atoms with Gasteiger partial charge in [0.25, 0.3) is 0 Å². The van der Waals surface area contributed by atoms with Gasteiger partial charge in [-0.25, -0.2) is 0 Å². The highest BCUT2D eigenvalue weighted by Crippen LogP contribution is 2.10. The summed E-state index contributed by atoms with van der Waals surface area (Å²) >= 11 is 0. The maximum atomic E-state index is 8.62. The van der Waals surface area contributed by atoms with E-state index in [1.165, 1.54) is 0 Å². The Bertz CT molecular complexity index is 307. The van der Waals surface area contributed by atoms with Crippen molar-refractivity contribution in [2.75, 3.05) is 0 Å². The van der Waals surface area contributed by atoms with Gasteiger partial charge in [-0.2, -0.15) is 4.98 Å². The fourth-order valence-electron chi connectivity index (χ4n) is 0.864. The molecule has 0 spiro atoms. The third kappa shape index (κ3) is 0.625. The van der Waals surface area contributed by atoms with E-state index >= 15 is 0 Å². The van der Waals surface area contributed by atoms with Gasteiger partial charge in [-0.3, -0.25) is 0 Å². The number of hydrogen-bond acceptors (Lipinski definition) is 3. The molecule has 2 aromatic heterocycles. The van der Waals surface area contributed by atoms with Gasteiger partial charge in [0.2, 0.25) is 5.71 Å². The molecule has 2 heterocycles. The third-order valence-electron chi connectivity index (χ3n) is 1.31. The van der Waals surface area contributed by atoms with Crippen molar-refractivity contribution >= 4 is 11.2 Å². The monoisotopic (exact) mass is 138 g/mol. The number of aliphatic hydroxyl groups excluding tert-OH is 1. The lowest BCUT2D eigenvalue weighted by molar-refractivity contribution is 0.272. The van der Waals surface area contributed by atoms with Crippen LogP contribution in [0.15, 0.2) is 16.7 Å². The van der Waals surface area contributed by atoms with Gasteiger partial charge < -0.3 is 14.5 Å². The van der Waals surface area contributed by atoms with Gasteiger partial charge in [0.1, 0.15) is 17.9 Å². The highest BCUT2D eigenvalue weighted by atomic mass is 16.3. The first-order valence-corrected chi connectivity index (χ1v) is 2.93. The molecule has 2 aromatic rings. The second-order valence-corrected chi connectivity index (χ2v) is 1.98. The normalized spacial score (nSPS) is 10.9. The van der Waals surface area contributed by atoms with E-state index in [1.807, 2.05) is 0 Å². The van der Waals surface area contributed by atoms with Crippen molar-refractivity contribution in [1.82, 2.24) is 9.97 Å². The van der Waals surface area contributed by atoms with Crippen LogP contribution in [-0.2, 0) is 6.61 Å². The van der Waals surface area contributed by atoms with E-state index < -0.39 is 0 Å². The summed E-state index contributed by atoms with van der Waals surface area (Å²) < 4.78 is 4.95. The standard InChI is InChI=1S/C6H6N2O2/c9-3-5-7-4-1-2-10-6(4)8-5/h1-2,9H,3H2,(H,7,8). The Kier molecular flexibility index (Phi) is 1.01. The molecule has 4 heteroatoms. The van der Waals surface area contributed by atoms with Gasteiger partial charge in [-0.1, -0.05) is 0 Å². The van der Waals surface area contributed by atoms with Crippen molar-refractivity contribution in [2.24, 2.45) is 0 Å². The molecule has 52 valence electrons. The topological polar surface area (TPSA) is 62.1 Å². The predicted octanol–water partition coefficient (Wildman–Crippen LogP) is 0.648. The lowest BCUT2D eigenvalue weighted by Crippen LogP contribution is -1.83. The van der Waals surface area contributed by atoms with Crippen molar-refractivity contribution in [2.45, 2.75) is 6.61 Å². The zero-order valence-corrected chi connectivity index (χ0v) is 5.16. The number of aromatic amines is 1.